The average molecular weight is 354 g/mol. The van der Waals surface area contributed by atoms with Crippen LogP contribution in [0, 0.1) is 18.6 Å². The van der Waals surface area contributed by atoms with Crippen LogP contribution in [0.15, 0.2) is 40.9 Å². The molecule has 112 valence electrons. The van der Waals surface area contributed by atoms with Crippen molar-refractivity contribution in [2.45, 2.75) is 26.3 Å². The maximum atomic E-state index is 13.8. The Morgan fingerprint density at radius 2 is 1.71 bits per heavy atom. The number of hydrogen-bond donors (Lipinski definition) is 1. The molecule has 1 nitrogen and oxygen atoms in total. The van der Waals surface area contributed by atoms with E-state index < -0.39 is 0 Å². The summed E-state index contributed by atoms with van der Waals surface area (Å²) in [5.41, 5.74) is 2.35. The minimum Gasteiger partial charge on any atom is -0.306 e. The van der Waals surface area contributed by atoms with Crippen LogP contribution >= 0.6 is 15.9 Å². The summed E-state index contributed by atoms with van der Waals surface area (Å²) in [5, 5.41) is 3.39. The van der Waals surface area contributed by atoms with Crippen LogP contribution in [0.2, 0.25) is 0 Å². The number of nitrogens with one attached hydrogen (secondary N) is 1. The first-order valence-electron chi connectivity index (χ1n) is 6.97. The van der Waals surface area contributed by atoms with Gasteiger partial charge in [-0.25, -0.2) is 8.78 Å². The van der Waals surface area contributed by atoms with E-state index >= 15 is 0 Å². The molecule has 4 heteroatoms. The lowest BCUT2D eigenvalue weighted by Crippen LogP contribution is -2.23. The van der Waals surface area contributed by atoms with Gasteiger partial charge in [0.2, 0.25) is 0 Å². The number of hydrogen-bond acceptors (Lipinski definition) is 1. The van der Waals surface area contributed by atoms with Crippen molar-refractivity contribution in [3.63, 3.8) is 0 Å². The highest BCUT2D eigenvalue weighted by Gasteiger charge is 2.16. The summed E-state index contributed by atoms with van der Waals surface area (Å²) in [6.07, 6.45) is 0.968. The lowest BCUT2D eigenvalue weighted by atomic mass is 9.97. The molecule has 0 amide bonds. The van der Waals surface area contributed by atoms with Crippen LogP contribution < -0.4 is 5.32 Å². The molecule has 1 unspecified atom stereocenters. The van der Waals surface area contributed by atoms with Gasteiger partial charge in [0.25, 0.3) is 0 Å². The molecular formula is C17H18BrF2N. The monoisotopic (exact) mass is 353 g/mol. The fraction of sp³-hybridized carbons (Fsp3) is 0.294. The fourth-order valence-corrected chi connectivity index (χ4v) is 2.50. The topological polar surface area (TPSA) is 12.0 Å². The number of aryl methyl sites for hydroxylation is 1. The first-order chi connectivity index (χ1) is 10.0. The van der Waals surface area contributed by atoms with E-state index in [0.29, 0.717) is 10.0 Å². The van der Waals surface area contributed by atoms with E-state index in [9.17, 15) is 8.78 Å². The first-order valence-corrected chi connectivity index (χ1v) is 7.76. The van der Waals surface area contributed by atoms with E-state index in [1.807, 2.05) is 12.1 Å². The highest BCUT2D eigenvalue weighted by atomic mass is 79.9. The second kappa shape index (κ2) is 7.14. The first kappa shape index (κ1) is 16.1. The number of halogens is 3. The normalized spacial score (nSPS) is 12.4. The Morgan fingerprint density at radius 3 is 2.33 bits per heavy atom. The van der Waals surface area contributed by atoms with Gasteiger partial charge in [0.05, 0.1) is 10.5 Å². The molecule has 21 heavy (non-hydrogen) atoms. The van der Waals surface area contributed by atoms with Crippen molar-refractivity contribution in [2.24, 2.45) is 0 Å². The van der Waals surface area contributed by atoms with E-state index in [0.717, 1.165) is 24.1 Å². The number of benzene rings is 2. The Morgan fingerprint density at radius 1 is 1.05 bits per heavy atom. The second-order valence-electron chi connectivity index (χ2n) is 5.07. The third-order valence-electron chi connectivity index (χ3n) is 3.39. The quantitative estimate of drug-likeness (QED) is 0.785. The summed E-state index contributed by atoms with van der Waals surface area (Å²) in [7, 11) is 0. The maximum absolute atomic E-state index is 13.8. The Bertz CT molecular complexity index is 577. The molecule has 0 aliphatic rings. The zero-order valence-corrected chi connectivity index (χ0v) is 13.7. The van der Waals surface area contributed by atoms with Crippen molar-refractivity contribution in [3.05, 3.63) is 69.2 Å². The van der Waals surface area contributed by atoms with Crippen molar-refractivity contribution in [1.29, 1.82) is 0 Å². The molecule has 2 aromatic rings. The van der Waals surface area contributed by atoms with Crippen LogP contribution in [-0.2, 0) is 0 Å². The molecule has 0 spiro atoms. The molecule has 0 aliphatic carbocycles. The van der Waals surface area contributed by atoms with Gasteiger partial charge in [-0.05, 0) is 70.7 Å². The third-order valence-corrected chi connectivity index (χ3v) is 4.03. The van der Waals surface area contributed by atoms with Gasteiger partial charge in [-0.3, -0.25) is 0 Å². The van der Waals surface area contributed by atoms with E-state index in [1.165, 1.54) is 12.1 Å². The van der Waals surface area contributed by atoms with E-state index in [2.05, 4.69) is 28.2 Å². The number of rotatable bonds is 5. The molecule has 0 saturated heterocycles. The standard InChI is InChI=1S/C17H18BrF2N/c1-3-8-21-17(12-5-7-15(19)11(2)9-12)13-4-6-14(18)16(20)10-13/h4-7,9-10,17,21H,3,8H2,1-2H3. The molecule has 0 aliphatic heterocycles. The Balaban J connectivity index is 2.41. The van der Waals surface area contributed by atoms with Gasteiger partial charge in [-0.2, -0.15) is 0 Å². The van der Waals surface area contributed by atoms with Crippen molar-refractivity contribution in [3.8, 4) is 0 Å². The smallest absolute Gasteiger partial charge is 0.137 e. The Kier molecular flexibility index (Phi) is 5.48. The minimum absolute atomic E-state index is 0.146. The van der Waals surface area contributed by atoms with Crippen LogP contribution in [0.1, 0.15) is 36.1 Å². The predicted molar refractivity (Wildman–Crippen MR) is 85.4 cm³/mol. The molecule has 0 saturated carbocycles. The summed E-state index contributed by atoms with van der Waals surface area (Å²) < 4.78 is 27.7. The lowest BCUT2D eigenvalue weighted by molar-refractivity contribution is 0.579. The molecular weight excluding hydrogens is 336 g/mol. The van der Waals surface area contributed by atoms with Crippen molar-refractivity contribution in [2.75, 3.05) is 6.54 Å². The zero-order chi connectivity index (χ0) is 15.4. The van der Waals surface area contributed by atoms with Crippen LogP contribution in [0.5, 0.6) is 0 Å². The van der Waals surface area contributed by atoms with E-state index in [1.54, 1.807) is 19.1 Å². The van der Waals surface area contributed by atoms with Gasteiger partial charge < -0.3 is 5.32 Å². The highest BCUT2D eigenvalue weighted by Crippen LogP contribution is 2.27. The van der Waals surface area contributed by atoms with Gasteiger partial charge >= 0.3 is 0 Å². The van der Waals surface area contributed by atoms with E-state index in [4.69, 9.17) is 0 Å². The Hall–Kier alpha value is -1.26. The van der Waals surface area contributed by atoms with Crippen molar-refractivity contribution in [1.82, 2.24) is 5.32 Å². The van der Waals surface area contributed by atoms with Gasteiger partial charge in [-0.15, -0.1) is 0 Å². The molecule has 0 heterocycles. The molecule has 0 radical (unpaired) electrons. The molecule has 0 bridgehead atoms. The average Bonchev–Trinajstić information content (AvgIpc) is 2.46. The van der Waals surface area contributed by atoms with Crippen LogP contribution in [-0.4, -0.2) is 6.54 Å². The largest absolute Gasteiger partial charge is 0.306 e. The van der Waals surface area contributed by atoms with Crippen LogP contribution in [0.4, 0.5) is 8.78 Å². The summed E-state index contributed by atoms with van der Waals surface area (Å²) in [4.78, 5) is 0. The summed E-state index contributed by atoms with van der Waals surface area (Å²) in [6.45, 7) is 4.61. The second-order valence-corrected chi connectivity index (χ2v) is 5.92. The zero-order valence-electron chi connectivity index (χ0n) is 12.1. The van der Waals surface area contributed by atoms with Gasteiger partial charge in [0.1, 0.15) is 11.6 Å². The predicted octanol–water partition coefficient (Wildman–Crippen LogP) is 5.12. The van der Waals surface area contributed by atoms with E-state index in [-0.39, 0.29) is 17.7 Å². The summed E-state index contributed by atoms with van der Waals surface area (Å²) in [6, 6.07) is 9.95. The van der Waals surface area contributed by atoms with Crippen molar-refractivity contribution < 1.29 is 8.78 Å². The summed E-state index contributed by atoms with van der Waals surface area (Å²) >= 11 is 3.16. The van der Waals surface area contributed by atoms with Crippen LogP contribution in [0.3, 0.4) is 0 Å². The van der Waals surface area contributed by atoms with Gasteiger partial charge in [0.15, 0.2) is 0 Å². The SMILES string of the molecule is CCCNC(c1ccc(F)c(C)c1)c1ccc(Br)c(F)c1. The molecule has 0 aromatic heterocycles. The molecule has 1 N–H and O–H groups in total. The van der Waals surface area contributed by atoms with Gasteiger partial charge in [0, 0.05) is 0 Å². The summed E-state index contributed by atoms with van der Waals surface area (Å²) in [5.74, 6) is -0.524. The lowest BCUT2D eigenvalue weighted by Gasteiger charge is -2.20. The molecule has 0 fully saturated rings. The van der Waals surface area contributed by atoms with Gasteiger partial charge in [-0.1, -0.05) is 25.1 Å². The molecule has 2 rings (SSSR count). The third kappa shape index (κ3) is 3.89. The minimum atomic E-state index is -0.297. The molecule has 1 atom stereocenters. The maximum Gasteiger partial charge on any atom is 0.137 e. The fourth-order valence-electron chi connectivity index (χ4n) is 2.26. The highest BCUT2D eigenvalue weighted by molar-refractivity contribution is 9.10. The Labute approximate surface area is 132 Å². The van der Waals surface area contributed by atoms with Crippen molar-refractivity contribution >= 4 is 15.9 Å². The molecule has 2 aromatic carbocycles. The van der Waals surface area contributed by atoms with Crippen LogP contribution in [0.25, 0.3) is 0 Å².